The number of hydrogen-bond acceptors (Lipinski definition) is 5. The van der Waals surface area contributed by atoms with Crippen LogP contribution in [0, 0.1) is 13.8 Å². The molecule has 0 saturated heterocycles. The molecule has 0 atom stereocenters. The first-order valence-corrected chi connectivity index (χ1v) is 11.9. The molecule has 0 unspecified atom stereocenters. The zero-order valence-corrected chi connectivity index (χ0v) is 20.8. The van der Waals surface area contributed by atoms with Crippen LogP contribution in [0.25, 0.3) is 0 Å². The van der Waals surface area contributed by atoms with Gasteiger partial charge in [0.1, 0.15) is 0 Å². The van der Waals surface area contributed by atoms with Gasteiger partial charge in [-0.2, -0.15) is 0 Å². The topological polar surface area (TPSA) is 91.2 Å². The molecule has 0 aliphatic heterocycles. The summed E-state index contributed by atoms with van der Waals surface area (Å²) in [6, 6.07) is 3.01. The summed E-state index contributed by atoms with van der Waals surface area (Å²) in [4.78, 5) is 51.0. The summed E-state index contributed by atoms with van der Waals surface area (Å²) >= 11 is 0. The Balaban J connectivity index is 1.68. The normalized spacial score (nSPS) is 11.5. The number of aromatic nitrogens is 4. The fourth-order valence-electron chi connectivity index (χ4n) is 3.96. The van der Waals surface area contributed by atoms with Crippen LogP contribution in [0.15, 0.2) is 31.3 Å². The summed E-state index contributed by atoms with van der Waals surface area (Å²) in [5.41, 5.74) is 0.399. The first-order valence-electron chi connectivity index (χ1n) is 11.9. The molecule has 9 nitrogen and oxygen atoms in total. The molecule has 0 aliphatic carbocycles. The lowest BCUT2D eigenvalue weighted by Gasteiger charge is -2.20. The van der Waals surface area contributed by atoms with Gasteiger partial charge in [-0.3, -0.25) is 18.7 Å². The van der Waals surface area contributed by atoms with Crippen LogP contribution in [0.4, 0.5) is 0 Å². The van der Waals surface area contributed by atoms with E-state index in [0.717, 1.165) is 58.2 Å². The highest BCUT2D eigenvalue weighted by Gasteiger charge is 2.08. The zero-order chi connectivity index (χ0) is 24.5. The fraction of sp³-hybridized carbons (Fsp3) is 0.667. The van der Waals surface area contributed by atoms with Crippen molar-refractivity contribution in [2.45, 2.75) is 72.4 Å². The minimum absolute atomic E-state index is 0.225. The molecular formula is C24H39N5O4. The lowest BCUT2D eigenvalue weighted by Crippen LogP contribution is -2.39. The second kappa shape index (κ2) is 12.5. The van der Waals surface area contributed by atoms with E-state index in [1.807, 2.05) is 0 Å². The maximum Gasteiger partial charge on any atom is 0.330 e. The minimum Gasteiger partial charge on any atom is -0.304 e. The molecule has 0 N–H and O–H groups in total. The van der Waals surface area contributed by atoms with Gasteiger partial charge in [-0.25, -0.2) is 9.59 Å². The first-order chi connectivity index (χ1) is 15.7. The highest BCUT2D eigenvalue weighted by molar-refractivity contribution is 4.99. The van der Waals surface area contributed by atoms with Gasteiger partial charge in [0.05, 0.1) is 0 Å². The van der Waals surface area contributed by atoms with Crippen molar-refractivity contribution in [3.63, 3.8) is 0 Å². The Bertz CT molecular complexity index is 1070. The Morgan fingerprint density at radius 1 is 0.667 bits per heavy atom. The molecular weight excluding hydrogens is 422 g/mol. The van der Waals surface area contributed by atoms with E-state index in [1.54, 1.807) is 27.9 Å². The lowest BCUT2D eigenvalue weighted by molar-refractivity contribution is 0.272. The fourth-order valence-corrected chi connectivity index (χ4v) is 3.96. The standard InChI is InChI=1S/C24H39N5O4/c1-6-27(13-9-7-11-15-28-21(30)17-19(2)25(4)23(28)32)14-10-8-12-16-29-22(31)18-20(3)26(5)24(29)33/h17-18H,6-16H2,1-5H3. The van der Waals surface area contributed by atoms with Crippen LogP contribution in [0.2, 0.25) is 0 Å². The molecule has 33 heavy (non-hydrogen) atoms. The molecule has 0 spiro atoms. The summed E-state index contributed by atoms with van der Waals surface area (Å²) in [5.74, 6) is 0. The molecule has 2 aromatic heterocycles. The molecule has 0 saturated carbocycles. The summed E-state index contributed by atoms with van der Waals surface area (Å²) in [7, 11) is 3.37. The van der Waals surface area contributed by atoms with Gasteiger partial charge in [0.2, 0.25) is 0 Å². The first kappa shape index (κ1) is 26.6. The van der Waals surface area contributed by atoms with Crippen molar-refractivity contribution in [2.24, 2.45) is 14.1 Å². The lowest BCUT2D eigenvalue weighted by atomic mass is 10.2. The maximum absolute atomic E-state index is 12.2. The Hall–Kier alpha value is -2.68. The average Bonchev–Trinajstić information content (AvgIpc) is 2.78. The van der Waals surface area contributed by atoms with Gasteiger partial charge in [0.25, 0.3) is 11.1 Å². The molecule has 184 valence electrons. The molecule has 2 heterocycles. The smallest absolute Gasteiger partial charge is 0.304 e. The van der Waals surface area contributed by atoms with Gasteiger partial charge in [-0.1, -0.05) is 19.8 Å². The molecule has 0 fully saturated rings. The molecule has 0 aromatic carbocycles. The maximum atomic E-state index is 12.2. The third-order valence-electron chi connectivity index (χ3n) is 6.45. The minimum atomic E-state index is -0.249. The van der Waals surface area contributed by atoms with E-state index >= 15 is 0 Å². The van der Waals surface area contributed by atoms with E-state index in [-0.39, 0.29) is 22.5 Å². The Morgan fingerprint density at radius 3 is 1.42 bits per heavy atom. The van der Waals surface area contributed by atoms with Gasteiger partial charge in [-0.15, -0.1) is 0 Å². The summed E-state index contributed by atoms with van der Waals surface area (Å²) in [6.07, 6.45) is 5.55. The van der Waals surface area contributed by atoms with E-state index in [9.17, 15) is 19.2 Å². The molecule has 0 radical (unpaired) electrons. The van der Waals surface area contributed by atoms with E-state index in [0.29, 0.717) is 24.5 Å². The van der Waals surface area contributed by atoms with Crippen molar-refractivity contribution < 1.29 is 0 Å². The number of nitrogens with zero attached hydrogens (tertiary/aromatic N) is 5. The van der Waals surface area contributed by atoms with E-state index in [2.05, 4.69) is 11.8 Å². The third kappa shape index (κ3) is 7.15. The van der Waals surface area contributed by atoms with Crippen molar-refractivity contribution in [3.8, 4) is 0 Å². The van der Waals surface area contributed by atoms with Crippen LogP contribution in [0.5, 0.6) is 0 Å². The molecule has 2 rings (SSSR count). The van der Waals surface area contributed by atoms with Crippen molar-refractivity contribution in [3.05, 3.63) is 65.2 Å². The number of rotatable bonds is 13. The third-order valence-corrected chi connectivity index (χ3v) is 6.45. The largest absolute Gasteiger partial charge is 0.330 e. The quantitative estimate of drug-likeness (QED) is 0.421. The molecule has 2 aromatic rings. The SMILES string of the molecule is CCN(CCCCCn1c(=O)cc(C)n(C)c1=O)CCCCCn1c(=O)cc(C)n(C)c1=O. The molecule has 0 amide bonds. The highest BCUT2D eigenvalue weighted by Crippen LogP contribution is 2.04. The van der Waals surface area contributed by atoms with Crippen molar-refractivity contribution in [1.29, 1.82) is 0 Å². The van der Waals surface area contributed by atoms with Crippen molar-refractivity contribution >= 4 is 0 Å². The van der Waals surface area contributed by atoms with Crippen LogP contribution >= 0.6 is 0 Å². The average molecular weight is 462 g/mol. The number of aryl methyl sites for hydroxylation is 2. The molecule has 0 aliphatic rings. The Kier molecular flexibility index (Phi) is 10.1. The van der Waals surface area contributed by atoms with Crippen LogP contribution in [-0.2, 0) is 27.2 Å². The van der Waals surface area contributed by atoms with Crippen molar-refractivity contribution in [2.75, 3.05) is 19.6 Å². The highest BCUT2D eigenvalue weighted by atomic mass is 16.2. The molecule has 9 heteroatoms. The van der Waals surface area contributed by atoms with E-state index in [4.69, 9.17) is 0 Å². The van der Waals surface area contributed by atoms with Crippen molar-refractivity contribution in [1.82, 2.24) is 23.2 Å². The van der Waals surface area contributed by atoms with Gasteiger partial charge >= 0.3 is 11.4 Å². The van der Waals surface area contributed by atoms with Gasteiger partial charge in [0, 0.05) is 50.7 Å². The van der Waals surface area contributed by atoms with Gasteiger partial charge in [-0.05, 0) is 59.2 Å². The second-order valence-electron chi connectivity index (χ2n) is 8.79. The van der Waals surface area contributed by atoms with Gasteiger partial charge in [0.15, 0.2) is 0 Å². The monoisotopic (exact) mass is 461 g/mol. The van der Waals surface area contributed by atoms with Crippen LogP contribution in [-0.4, -0.2) is 42.8 Å². The van der Waals surface area contributed by atoms with Crippen LogP contribution in [0.1, 0.15) is 56.8 Å². The summed E-state index contributed by atoms with van der Waals surface area (Å²) in [5, 5.41) is 0. The Labute approximate surface area is 194 Å². The summed E-state index contributed by atoms with van der Waals surface area (Å²) in [6.45, 7) is 9.50. The van der Waals surface area contributed by atoms with E-state index < -0.39 is 0 Å². The van der Waals surface area contributed by atoms with Crippen LogP contribution in [0.3, 0.4) is 0 Å². The van der Waals surface area contributed by atoms with Gasteiger partial charge < -0.3 is 14.0 Å². The predicted molar refractivity (Wildman–Crippen MR) is 131 cm³/mol. The zero-order valence-electron chi connectivity index (χ0n) is 20.8. The Morgan fingerprint density at radius 2 is 1.06 bits per heavy atom. The second-order valence-corrected chi connectivity index (χ2v) is 8.79. The number of hydrogen-bond donors (Lipinski definition) is 0. The van der Waals surface area contributed by atoms with E-state index in [1.165, 1.54) is 30.4 Å². The van der Waals surface area contributed by atoms with Crippen LogP contribution < -0.4 is 22.5 Å². The molecule has 0 bridgehead atoms. The predicted octanol–water partition coefficient (Wildman–Crippen LogP) is 1.39. The number of unbranched alkanes of at least 4 members (excludes halogenated alkanes) is 4. The summed E-state index contributed by atoms with van der Waals surface area (Å²) < 4.78 is 5.65.